The maximum Gasteiger partial charge on any atom is 0.208 e. The first-order valence-electron chi connectivity index (χ1n) is 5.54. The number of ether oxygens (including phenoxy) is 1. The minimum Gasteiger partial charge on any atom is -0.377 e. The van der Waals surface area contributed by atoms with E-state index in [9.17, 15) is 0 Å². The van der Waals surface area contributed by atoms with Crippen LogP contribution in [0.2, 0.25) is 0 Å². The van der Waals surface area contributed by atoms with Gasteiger partial charge in [0.25, 0.3) is 0 Å². The van der Waals surface area contributed by atoms with Crippen LogP contribution in [-0.4, -0.2) is 33.6 Å². The van der Waals surface area contributed by atoms with Gasteiger partial charge in [-0.2, -0.15) is 0 Å². The lowest BCUT2D eigenvalue weighted by Gasteiger charge is -2.21. The van der Waals surface area contributed by atoms with E-state index in [1.165, 1.54) is 19.3 Å². The van der Waals surface area contributed by atoms with E-state index in [4.69, 9.17) is 4.74 Å². The Kier molecular flexibility index (Phi) is 4.02. The Balaban J connectivity index is 1.76. The van der Waals surface area contributed by atoms with E-state index in [2.05, 4.69) is 22.1 Å². The average molecular weight is 227 g/mol. The topological polar surface area (TPSA) is 50.8 Å². The minimum absolute atomic E-state index is 0.396. The molecule has 1 saturated heterocycles. The van der Waals surface area contributed by atoms with Gasteiger partial charge in [-0.3, -0.25) is 5.10 Å². The molecule has 1 aromatic rings. The average Bonchev–Trinajstić information content (AvgIpc) is 2.76. The number of thioether (sulfide) groups is 1. The van der Waals surface area contributed by atoms with Gasteiger partial charge in [0, 0.05) is 18.8 Å². The molecule has 1 aromatic heterocycles. The second-order valence-corrected chi connectivity index (χ2v) is 4.70. The van der Waals surface area contributed by atoms with Crippen molar-refractivity contribution in [3.8, 4) is 0 Å². The van der Waals surface area contributed by atoms with Crippen LogP contribution in [0, 0.1) is 0 Å². The van der Waals surface area contributed by atoms with Crippen LogP contribution in [0.25, 0.3) is 0 Å². The number of hydrogen-bond donors (Lipinski definition) is 1. The van der Waals surface area contributed by atoms with Gasteiger partial charge in [0.05, 0.1) is 6.10 Å². The predicted molar refractivity (Wildman–Crippen MR) is 60.1 cm³/mol. The number of rotatable bonds is 4. The highest BCUT2D eigenvalue weighted by atomic mass is 32.2. The molecule has 0 amide bonds. The van der Waals surface area contributed by atoms with Gasteiger partial charge in [0.1, 0.15) is 5.82 Å². The summed E-state index contributed by atoms with van der Waals surface area (Å²) >= 11 is 1.68. The summed E-state index contributed by atoms with van der Waals surface area (Å²) in [6, 6.07) is 0. The molecule has 0 aromatic carbocycles. The molecule has 1 atom stereocenters. The molecule has 84 valence electrons. The Labute approximate surface area is 94.2 Å². The molecule has 2 rings (SSSR count). The second kappa shape index (κ2) is 5.51. The highest BCUT2D eigenvalue weighted by Gasteiger charge is 2.15. The van der Waals surface area contributed by atoms with Crippen LogP contribution in [0.3, 0.4) is 0 Å². The lowest BCUT2D eigenvalue weighted by Crippen LogP contribution is -2.21. The van der Waals surface area contributed by atoms with Crippen LogP contribution in [-0.2, 0) is 11.2 Å². The van der Waals surface area contributed by atoms with Crippen LogP contribution >= 0.6 is 11.8 Å². The number of hydrogen-bond acceptors (Lipinski definition) is 4. The highest BCUT2D eigenvalue weighted by Crippen LogP contribution is 2.20. The molecule has 0 spiro atoms. The van der Waals surface area contributed by atoms with Gasteiger partial charge < -0.3 is 4.74 Å². The van der Waals surface area contributed by atoms with Gasteiger partial charge in [0.15, 0.2) is 0 Å². The molecule has 1 aliphatic rings. The molecule has 2 heterocycles. The lowest BCUT2D eigenvalue weighted by molar-refractivity contribution is 0.0315. The smallest absolute Gasteiger partial charge is 0.208 e. The van der Waals surface area contributed by atoms with Gasteiger partial charge in [0.2, 0.25) is 5.16 Å². The molecule has 0 radical (unpaired) electrons. The third-order valence-electron chi connectivity index (χ3n) is 2.52. The lowest BCUT2D eigenvalue weighted by atomic mass is 10.1. The molecule has 4 nitrogen and oxygen atoms in total. The van der Waals surface area contributed by atoms with Crippen molar-refractivity contribution >= 4 is 11.8 Å². The van der Waals surface area contributed by atoms with Crippen LogP contribution in [0.1, 0.15) is 32.0 Å². The molecule has 0 bridgehead atoms. The van der Waals surface area contributed by atoms with E-state index in [0.717, 1.165) is 29.8 Å². The van der Waals surface area contributed by atoms with E-state index in [0.29, 0.717) is 6.10 Å². The first-order chi connectivity index (χ1) is 7.38. The monoisotopic (exact) mass is 227 g/mol. The zero-order valence-electron chi connectivity index (χ0n) is 9.03. The van der Waals surface area contributed by atoms with Crippen molar-refractivity contribution < 1.29 is 4.74 Å². The number of aromatic amines is 1. The van der Waals surface area contributed by atoms with Crippen LogP contribution in [0.4, 0.5) is 0 Å². The zero-order chi connectivity index (χ0) is 10.5. The zero-order valence-corrected chi connectivity index (χ0v) is 9.85. The first kappa shape index (κ1) is 11.0. The van der Waals surface area contributed by atoms with Gasteiger partial charge in [-0.1, -0.05) is 18.7 Å². The second-order valence-electron chi connectivity index (χ2n) is 3.72. The summed E-state index contributed by atoms with van der Waals surface area (Å²) in [5.41, 5.74) is 0. The van der Waals surface area contributed by atoms with Crippen LogP contribution in [0.5, 0.6) is 0 Å². The Bertz CT molecular complexity index is 297. The van der Waals surface area contributed by atoms with Crippen molar-refractivity contribution in [2.45, 2.75) is 43.9 Å². The van der Waals surface area contributed by atoms with E-state index >= 15 is 0 Å². The first-order valence-corrected chi connectivity index (χ1v) is 6.52. The summed E-state index contributed by atoms with van der Waals surface area (Å²) in [5.74, 6) is 1.93. The van der Waals surface area contributed by atoms with Crippen molar-refractivity contribution in [3.05, 3.63) is 5.82 Å². The summed E-state index contributed by atoms with van der Waals surface area (Å²) in [6.07, 6.45) is 4.99. The standard InChI is InChI=1S/C10H17N3OS/c1-2-9-11-10(13-12-9)15-7-8-5-3-4-6-14-8/h8H,2-7H2,1H3,(H,11,12,13). The van der Waals surface area contributed by atoms with Crippen molar-refractivity contribution in [2.75, 3.05) is 12.4 Å². The van der Waals surface area contributed by atoms with E-state index in [-0.39, 0.29) is 0 Å². The third-order valence-corrected chi connectivity index (χ3v) is 3.50. The van der Waals surface area contributed by atoms with E-state index < -0.39 is 0 Å². The Morgan fingerprint density at radius 3 is 3.13 bits per heavy atom. The van der Waals surface area contributed by atoms with Gasteiger partial charge >= 0.3 is 0 Å². The third kappa shape index (κ3) is 3.21. The number of nitrogens with zero attached hydrogens (tertiary/aromatic N) is 2. The molecule has 1 unspecified atom stereocenters. The number of aromatic nitrogens is 3. The summed E-state index contributed by atoms with van der Waals surface area (Å²) in [6.45, 7) is 2.98. The molecular weight excluding hydrogens is 210 g/mol. The number of H-pyrrole nitrogens is 1. The number of aryl methyl sites for hydroxylation is 1. The van der Waals surface area contributed by atoms with Gasteiger partial charge in [-0.25, -0.2) is 4.98 Å². The van der Waals surface area contributed by atoms with Gasteiger partial charge in [-0.05, 0) is 19.3 Å². The molecule has 5 heteroatoms. The molecule has 1 fully saturated rings. The highest BCUT2D eigenvalue weighted by molar-refractivity contribution is 7.99. The summed E-state index contributed by atoms with van der Waals surface area (Å²) < 4.78 is 5.65. The van der Waals surface area contributed by atoms with Crippen LogP contribution < -0.4 is 0 Å². The molecular formula is C10H17N3OS. The number of nitrogens with one attached hydrogen (secondary N) is 1. The van der Waals surface area contributed by atoms with E-state index in [1.807, 2.05) is 0 Å². The Morgan fingerprint density at radius 1 is 1.53 bits per heavy atom. The fourth-order valence-corrected chi connectivity index (χ4v) is 2.49. The molecule has 0 saturated carbocycles. The van der Waals surface area contributed by atoms with Crippen molar-refractivity contribution in [2.24, 2.45) is 0 Å². The minimum atomic E-state index is 0.396. The maximum absolute atomic E-state index is 5.65. The largest absolute Gasteiger partial charge is 0.377 e. The SMILES string of the molecule is CCc1nc(SCC2CCCCO2)n[nH]1. The van der Waals surface area contributed by atoms with Gasteiger partial charge in [-0.15, -0.1) is 5.10 Å². The van der Waals surface area contributed by atoms with Crippen molar-refractivity contribution in [1.29, 1.82) is 0 Å². The predicted octanol–water partition coefficient (Wildman–Crippen LogP) is 2.03. The molecule has 1 N–H and O–H groups in total. The fourth-order valence-electron chi connectivity index (χ4n) is 1.61. The quantitative estimate of drug-likeness (QED) is 0.800. The van der Waals surface area contributed by atoms with Crippen molar-refractivity contribution in [3.63, 3.8) is 0 Å². The summed E-state index contributed by atoms with van der Waals surface area (Å²) in [7, 11) is 0. The fraction of sp³-hybridized carbons (Fsp3) is 0.800. The molecule has 1 aliphatic heterocycles. The Morgan fingerprint density at radius 2 is 2.47 bits per heavy atom. The van der Waals surface area contributed by atoms with E-state index in [1.54, 1.807) is 11.8 Å². The molecule has 15 heavy (non-hydrogen) atoms. The van der Waals surface area contributed by atoms with Crippen LogP contribution in [0.15, 0.2) is 5.16 Å². The maximum atomic E-state index is 5.65. The normalized spacial score (nSPS) is 21.8. The molecule has 0 aliphatic carbocycles. The Hall–Kier alpha value is -0.550. The van der Waals surface area contributed by atoms with Crippen molar-refractivity contribution in [1.82, 2.24) is 15.2 Å². The summed E-state index contributed by atoms with van der Waals surface area (Å²) in [4.78, 5) is 4.35. The summed E-state index contributed by atoms with van der Waals surface area (Å²) in [5, 5.41) is 7.91.